The number of nitrogens with zero attached hydrogens (tertiary/aromatic N) is 1. The Bertz CT molecular complexity index is 1390. The summed E-state index contributed by atoms with van der Waals surface area (Å²) in [5, 5.41) is 1.90. The lowest BCUT2D eigenvalue weighted by atomic mass is 9.89. The fraction of sp³-hybridized carbons (Fsp3) is 0.286. The number of rotatable bonds is 7. The number of aryl methyl sites for hydroxylation is 2. The highest BCUT2D eigenvalue weighted by Gasteiger charge is 2.25. The minimum Gasteiger partial charge on any atom is -0.481 e. The summed E-state index contributed by atoms with van der Waals surface area (Å²) in [6, 6.07) is 18.4. The molecule has 0 fully saturated rings. The van der Waals surface area contributed by atoms with E-state index in [1.807, 2.05) is 30.3 Å². The molecule has 2 N–H and O–H groups in total. The van der Waals surface area contributed by atoms with Crippen molar-refractivity contribution in [3.8, 4) is 5.75 Å². The van der Waals surface area contributed by atoms with Crippen LogP contribution in [0.4, 0.5) is 0 Å². The Kier molecular flexibility index (Phi) is 5.97. The van der Waals surface area contributed by atoms with Crippen molar-refractivity contribution in [2.75, 3.05) is 13.7 Å². The molecule has 6 heteroatoms. The van der Waals surface area contributed by atoms with Gasteiger partial charge in [0.1, 0.15) is 5.75 Å². The van der Waals surface area contributed by atoms with Gasteiger partial charge in [0, 0.05) is 17.4 Å². The van der Waals surface area contributed by atoms with Gasteiger partial charge in [0.15, 0.2) is 6.61 Å². The van der Waals surface area contributed by atoms with E-state index in [9.17, 15) is 9.59 Å². The second-order valence-corrected chi connectivity index (χ2v) is 8.83. The normalized spacial score (nSPS) is 13.1. The van der Waals surface area contributed by atoms with E-state index in [-0.39, 0.29) is 18.9 Å². The van der Waals surface area contributed by atoms with Crippen LogP contribution in [0, 0.1) is 0 Å². The zero-order chi connectivity index (χ0) is 23.7. The Morgan fingerprint density at radius 3 is 2.56 bits per heavy atom. The van der Waals surface area contributed by atoms with E-state index in [0.29, 0.717) is 12.3 Å². The Morgan fingerprint density at radius 1 is 1.00 bits per heavy atom. The molecule has 0 spiro atoms. The first-order valence-corrected chi connectivity index (χ1v) is 11.7. The van der Waals surface area contributed by atoms with Crippen LogP contribution < -0.4 is 10.5 Å². The van der Waals surface area contributed by atoms with Crippen LogP contribution in [0.1, 0.15) is 35.1 Å². The highest BCUT2D eigenvalue weighted by Crippen LogP contribution is 2.43. The van der Waals surface area contributed by atoms with Gasteiger partial charge in [0.05, 0.1) is 24.4 Å². The second-order valence-electron chi connectivity index (χ2n) is 8.83. The molecule has 0 unspecified atom stereocenters. The summed E-state index contributed by atoms with van der Waals surface area (Å²) in [5.74, 6) is -0.169. The molecular weight excluding hydrogens is 428 g/mol. The van der Waals surface area contributed by atoms with Crippen LogP contribution in [0.25, 0.3) is 21.8 Å². The molecule has 0 saturated heterocycles. The number of carbonyl (C=O) groups is 2. The first-order valence-electron chi connectivity index (χ1n) is 11.7. The van der Waals surface area contributed by atoms with Crippen LogP contribution >= 0.6 is 0 Å². The van der Waals surface area contributed by atoms with Crippen LogP contribution in [0.5, 0.6) is 5.75 Å². The summed E-state index contributed by atoms with van der Waals surface area (Å²) in [5.41, 5.74) is 12.4. The predicted molar refractivity (Wildman–Crippen MR) is 132 cm³/mol. The molecule has 5 rings (SSSR count). The first kappa shape index (κ1) is 22.0. The van der Waals surface area contributed by atoms with Crippen molar-refractivity contribution in [3.05, 3.63) is 76.9 Å². The molecule has 0 aliphatic heterocycles. The lowest BCUT2D eigenvalue weighted by Crippen LogP contribution is -2.14. The van der Waals surface area contributed by atoms with Crippen molar-refractivity contribution < 1.29 is 19.1 Å². The van der Waals surface area contributed by atoms with Crippen LogP contribution in [0.2, 0.25) is 0 Å². The number of hydrogen-bond acceptors (Lipinski definition) is 4. The molecule has 1 aliphatic carbocycles. The molecule has 6 nitrogen and oxygen atoms in total. The van der Waals surface area contributed by atoms with Crippen LogP contribution in [0.15, 0.2) is 54.6 Å². The van der Waals surface area contributed by atoms with E-state index in [0.717, 1.165) is 53.1 Å². The Hall–Kier alpha value is -3.80. The molecule has 0 radical (unpaired) electrons. The van der Waals surface area contributed by atoms with Gasteiger partial charge in [-0.1, -0.05) is 42.5 Å². The molecule has 1 heterocycles. The number of esters is 1. The lowest BCUT2D eigenvalue weighted by Gasteiger charge is -2.21. The molecule has 1 aliphatic rings. The van der Waals surface area contributed by atoms with Gasteiger partial charge in [-0.25, -0.2) is 4.79 Å². The van der Waals surface area contributed by atoms with Crippen molar-refractivity contribution >= 4 is 33.7 Å². The van der Waals surface area contributed by atoms with Crippen molar-refractivity contribution in [1.29, 1.82) is 0 Å². The lowest BCUT2D eigenvalue weighted by molar-refractivity contribution is -0.142. The Morgan fingerprint density at radius 2 is 1.79 bits per heavy atom. The molecule has 3 aromatic carbocycles. The van der Waals surface area contributed by atoms with Gasteiger partial charge in [0.25, 0.3) is 0 Å². The van der Waals surface area contributed by atoms with Gasteiger partial charge in [-0.2, -0.15) is 0 Å². The van der Waals surface area contributed by atoms with E-state index < -0.39 is 5.97 Å². The average Bonchev–Trinajstić information content (AvgIpc) is 3.18. The van der Waals surface area contributed by atoms with Crippen LogP contribution in [-0.4, -0.2) is 30.2 Å². The number of primary amides is 1. The largest absolute Gasteiger partial charge is 0.481 e. The number of amides is 1. The molecule has 1 aromatic heterocycles. The minimum absolute atomic E-state index is 0.134. The monoisotopic (exact) mass is 456 g/mol. The van der Waals surface area contributed by atoms with Crippen molar-refractivity contribution in [3.63, 3.8) is 0 Å². The SMILES string of the molecule is COC(=O)COc1cc2c(c3c1c1c(CC(N)=O)cccc1n3Cc1ccccc1)CCCC2. The molecule has 174 valence electrons. The molecule has 0 bridgehead atoms. The molecule has 1 amide bonds. The number of hydrogen-bond donors (Lipinski definition) is 1. The van der Waals surface area contributed by atoms with E-state index in [2.05, 4.69) is 28.8 Å². The van der Waals surface area contributed by atoms with Gasteiger partial charge >= 0.3 is 5.97 Å². The van der Waals surface area contributed by atoms with Gasteiger partial charge < -0.3 is 19.8 Å². The van der Waals surface area contributed by atoms with Crippen LogP contribution in [0.3, 0.4) is 0 Å². The standard InChI is InChI=1S/C28H28N2O4/c1-33-25(32)17-34-23-14-19-10-5-6-12-21(19)28-27(23)26-20(15-24(29)31)11-7-13-22(26)30(28)16-18-8-3-2-4-9-18/h2-4,7-9,11,13-14H,5-6,10,12,15-17H2,1H3,(H2,29,31). The van der Waals surface area contributed by atoms with Crippen molar-refractivity contribution in [2.45, 2.75) is 38.6 Å². The summed E-state index contributed by atoms with van der Waals surface area (Å²) < 4.78 is 13.2. The number of aromatic nitrogens is 1. The minimum atomic E-state index is -0.434. The van der Waals surface area contributed by atoms with Gasteiger partial charge in [-0.3, -0.25) is 4.79 Å². The number of carbonyl (C=O) groups excluding carboxylic acids is 2. The average molecular weight is 457 g/mol. The molecule has 0 saturated carbocycles. The molecular formula is C28H28N2O4. The predicted octanol–water partition coefficient (Wildman–Crippen LogP) is 4.30. The fourth-order valence-corrected chi connectivity index (χ4v) is 5.19. The number of methoxy groups -OCH3 is 1. The van der Waals surface area contributed by atoms with Crippen LogP contribution in [-0.2, 0) is 40.1 Å². The van der Waals surface area contributed by atoms with E-state index >= 15 is 0 Å². The zero-order valence-electron chi connectivity index (χ0n) is 19.3. The third kappa shape index (κ3) is 4.00. The van der Waals surface area contributed by atoms with E-state index in [1.54, 1.807) is 0 Å². The topological polar surface area (TPSA) is 83.6 Å². The Labute approximate surface area is 198 Å². The third-order valence-corrected chi connectivity index (χ3v) is 6.65. The summed E-state index contributed by atoms with van der Waals surface area (Å²) >= 11 is 0. The molecule has 34 heavy (non-hydrogen) atoms. The van der Waals surface area contributed by atoms with E-state index in [4.69, 9.17) is 15.2 Å². The smallest absolute Gasteiger partial charge is 0.343 e. The number of ether oxygens (including phenoxy) is 2. The van der Waals surface area contributed by atoms with Crippen molar-refractivity contribution in [1.82, 2.24) is 4.57 Å². The summed E-state index contributed by atoms with van der Waals surface area (Å²) in [4.78, 5) is 23.9. The highest BCUT2D eigenvalue weighted by molar-refractivity contribution is 6.15. The molecule has 4 aromatic rings. The highest BCUT2D eigenvalue weighted by atomic mass is 16.6. The quantitative estimate of drug-likeness (QED) is 0.420. The van der Waals surface area contributed by atoms with E-state index in [1.165, 1.54) is 23.8 Å². The third-order valence-electron chi connectivity index (χ3n) is 6.65. The first-order chi connectivity index (χ1) is 16.6. The van der Waals surface area contributed by atoms with Gasteiger partial charge in [-0.05, 0) is 60.1 Å². The number of nitrogens with two attached hydrogens (primary N) is 1. The number of benzene rings is 3. The summed E-state index contributed by atoms with van der Waals surface area (Å²) in [6.45, 7) is 0.515. The Balaban J connectivity index is 1.84. The molecule has 0 atom stereocenters. The zero-order valence-corrected chi connectivity index (χ0v) is 19.3. The second kappa shape index (κ2) is 9.21. The van der Waals surface area contributed by atoms with Crippen molar-refractivity contribution in [2.24, 2.45) is 5.73 Å². The van der Waals surface area contributed by atoms with Gasteiger partial charge in [-0.15, -0.1) is 0 Å². The maximum Gasteiger partial charge on any atom is 0.343 e. The number of fused-ring (bicyclic) bond motifs is 5. The maximum absolute atomic E-state index is 11.9. The summed E-state index contributed by atoms with van der Waals surface area (Å²) in [7, 11) is 1.35. The summed E-state index contributed by atoms with van der Waals surface area (Å²) in [6.07, 6.45) is 4.35. The maximum atomic E-state index is 11.9. The van der Waals surface area contributed by atoms with Gasteiger partial charge in [0.2, 0.25) is 5.91 Å². The fourth-order valence-electron chi connectivity index (χ4n) is 5.19.